The van der Waals surface area contributed by atoms with E-state index in [9.17, 15) is 4.79 Å². The summed E-state index contributed by atoms with van der Waals surface area (Å²) in [5.74, 6) is 0. The van der Waals surface area contributed by atoms with Gasteiger partial charge in [0.1, 0.15) is 0 Å². The Morgan fingerprint density at radius 3 is 3.00 bits per heavy atom. The number of aldehydes is 1. The standard InChI is InChI=1S/C10H7BrOS2/c1-13-9-4-8(11)6-2-3-14-10(6)7(9)5-12/h2-5H,1H3. The Labute approximate surface area is 98.6 Å². The molecule has 0 fully saturated rings. The number of carbonyl (C=O) groups excluding carboxylic acids is 1. The van der Waals surface area contributed by atoms with E-state index in [4.69, 9.17) is 0 Å². The summed E-state index contributed by atoms with van der Waals surface area (Å²) in [6, 6.07) is 4.03. The van der Waals surface area contributed by atoms with Gasteiger partial charge in [0, 0.05) is 25.0 Å². The molecule has 14 heavy (non-hydrogen) atoms. The molecule has 0 radical (unpaired) electrons. The molecule has 0 aliphatic heterocycles. The van der Waals surface area contributed by atoms with Gasteiger partial charge in [-0.15, -0.1) is 23.1 Å². The Morgan fingerprint density at radius 1 is 1.57 bits per heavy atom. The van der Waals surface area contributed by atoms with Crippen LogP contribution in [0.5, 0.6) is 0 Å². The fraction of sp³-hybridized carbons (Fsp3) is 0.100. The molecule has 0 unspecified atom stereocenters. The quantitative estimate of drug-likeness (QED) is 0.608. The first kappa shape index (κ1) is 10.2. The Bertz CT molecular complexity index is 490. The van der Waals surface area contributed by atoms with Gasteiger partial charge in [0.05, 0.1) is 0 Å². The number of rotatable bonds is 2. The highest BCUT2D eigenvalue weighted by Gasteiger charge is 2.10. The van der Waals surface area contributed by atoms with E-state index >= 15 is 0 Å². The van der Waals surface area contributed by atoms with Crippen molar-refractivity contribution in [2.45, 2.75) is 4.90 Å². The molecule has 0 saturated carbocycles. The lowest BCUT2D eigenvalue weighted by Crippen LogP contribution is -1.85. The van der Waals surface area contributed by atoms with Gasteiger partial charge >= 0.3 is 0 Å². The Morgan fingerprint density at radius 2 is 2.36 bits per heavy atom. The minimum Gasteiger partial charge on any atom is -0.298 e. The Kier molecular flexibility index (Phi) is 2.95. The maximum atomic E-state index is 11.0. The number of hydrogen-bond donors (Lipinski definition) is 0. The van der Waals surface area contributed by atoms with Crippen LogP contribution in [0.25, 0.3) is 10.1 Å². The number of thiophene rings is 1. The van der Waals surface area contributed by atoms with Crippen molar-refractivity contribution in [1.82, 2.24) is 0 Å². The number of fused-ring (bicyclic) bond motifs is 1. The summed E-state index contributed by atoms with van der Waals surface area (Å²) < 4.78 is 2.13. The molecule has 72 valence electrons. The molecule has 0 amide bonds. The highest BCUT2D eigenvalue weighted by Crippen LogP contribution is 2.36. The molecule has 0 aliphatic carbocycles. The fourth-order valence-electron chi connectivity index (χ4n) is 1.37. The van der Waals surface area contributed by atoms with E-state index < -0.39 is 0 Å². The number of halogens is 1. The first-order valence-electron chi connectivity index (χ1n) is 3.96. The molecule has 1 aromatic heterocycles. The first-order valence-corrected chi connectivity index (χ1v) is 6.86. The second-order valence-corrected chi connectivity index (χ2v) is 5.37. The zero-order chi connectivity index (χ0) is 10.1. The van der Waals surface area contributed by atoms with Crippen LogP contribution in [0, 0.1) is 0 Å². The van der Waals surface area contributed by atoms with Crippen LogP contribution in [0.1, 0.15) is 10.4 Å². The van der Waals surface area contributed by atoms with Crippen molar-refractivity contribution in [1.29, 1.82) is 0 Å². The second kappa shape index (κ2) is 4.04. The van der Waals surface area contributed by atoms with Crippen molar-refractivity contribution in [3.63, 3.8) is 0 Å². The van der Waals surface area contributed by atoms with Crippen LogP contribution in [-0.4, -0.2) is 12.5 Å². The molecule has 2 aromatic rings. The average Bonchev–Trinajstić information content (AvgIpc) is 2.66. The molecule has 2 rings (SSSR count). The van der Waals surface area contributed by atoms with Crippen molar-refractivity contribution in [3.8, 4) is 0 Å². The number of benzene rings is 1. The fourth-order valence-corrected chi connectivity index (χ4v) is 3.81. The van der Waals surface area contributed by atoms with Crippen LogP contribution in [-0.2, 0) is 0 Å². The number of carbonyl (C=O) groups is 1. The van der Waals surface area contributed by atoms with Gasteiger partial charge in [-0.05, 0) is 23.8 Å². The molecule has 0 N–H and O–H groups in total. The highest BCUT2D eigenvalue weighted by atomic mass is 79.9. The van der Waals surface area contributed by atoms with E-state index in [1.165, 1.54) is 0 Å². The van der Waals surface area contributed by atoms with Crippen molar-refractivity contribution in [3.05, 3.63) is 27.5 Å². The summed E-state index contributed by atoms with van der Waals surface area (Å²) in [5, 5.41) is 3.13. The lowest BCUT2D eigenvalue weighted by Gasteiger charge is -2.04. The summed E-state index contributed by atoms with van der Waals surface area (Å²) in [4.78, 5) is 12.0. The van der Waals surface area contributed by atoms with Crippen molar-refractivity contribution in [2.24, 2.45) is 0 Å². The van der Waals surface area contributed by atoms with Crippen LogP contribution >= 0.6 is 39.0 Å². The Balaban J connectivity index is 2.88. The second-order valence-electron chi connectivity index (χ2n) is 2.76. The lowest BCUT2D eigenvalue weighted by molar-refractivity contribution is 0.112. The smallest absolute Gasteiger partial charge is 0.152 e. The van der Waals surface area contributed by atoms with Gasteiger partial charge < -0.3 is 0 Å². The normalized spacial score (nSPS) is 10.7. The third-order valence-corrected chi connectivity index (χ3v) is 4.41. The first-order chi connectivity index (χ1) is 6.77. The van der Waals surface area contributed by atoms with Gasteiger partial charge in [0.2, 0.25) is 0 Å². The molecule has 0 bridgehead atoms. The molecule has 1 nitrogen and oxygen atoms in total. The lowest BCUT2D eigenvalue weighted by atomic mass is 10.2. The molecule has 0 atom stereocenters. The summed E-state index contributed by atoms with van der Waals surface area (Å²) in [6.07, 6.45) is 2.92. The maximum absolute atomic E-state index is 11.0. The third-order valence-electron chi connectivity index (χ3n) is 2.03. The third kappa shape index (κ3) is 1.51. The number of thioether (sulfide) groups is 1. The maximum Gasteiger partial charge on any atom is 0.152 e. The summed E-state index contributed by atoms with van der Waals surface area (Å²) in [5.41, 5.74) is 0.811. The average molecular weight is 287 g/mol. The summed E-state index contributed by atoms with van der Waals surface area (Å²) in [7, 11) is 0. The van der Waals surface area contributed by atoms with Crippen LogP contribution in [0.2, 0.25) is 0 Å². The van der Waals surface area contributed by atoms with E-state index in [1.54, 1.807) is 23.1 Å². The van der Waals surface area contributed by atoms with Crippen LogP contribution in [0.15, 0.2) is 26.9 Å². The largest absolute Gasteiger partial charge is 0.298 e. The molecular formula is C10H7BrOS2. The molecule has 1 heterocycles. The van der Waals surface area contributed by atoms with Crippen molar-refractivity contribution in [2.75, 3.05) is 6.26 Å². The van der Waals surface area contributed by atoms with E-state index in [2.05, 4.69) is 15.9 Å². The molecule has 1 aromatic carbocycles. The predicted molar refractivity (Wildman–Crippen MR) is 66.7 cm³/mol. The zero-order valence-electron chi connectivity index (χ0n) is 7.41. The highest BCUT2D eigenvalue weighted by molar-refractivity contribution is 9.10. The summed E-state index contributed by atoms with van der Waals surface area (Å²) >= 11 is 6.71. The van der Waals surface area contributed by atoms with Gasteiger partial charge in [0.15, 0.2) is 6.29 Å². The Hall–Kier alpha value is -0.320. The van der Waals surface area contributed by atoms with E-state index in [-0.39, 0.29) is 0 Å². The topological polar surface area (TPSA) is 17.1 Å². The van der Waals surface area contributed by atoms with Gasteiger partial charge in [-0.25, -0.2) is 0 Å². The monoisotopic (exact) mass is 286 g/mol. The zero-order valence-corrected chi connectivity index (χ0v) is 10.6. The van der Waals surface area contributed by atoms with Crippen LogP contribution < -0.4 is 0 Å². The van der Waals surface area contributed by atoms with Gasteiger partial charge in [-0.2, -0.15) is 0 Å². The van der Waals surface area contributed by atoms with E-state index in [1.807, 2.05) is 23.8 Å². The molecule has 4 heteroatoms. The van der Waals surface area contributed by atoms with Gasteiger partial charge in [0.25, 0.3) is 0 Å². The van der Waals surface area contributed by atoms with E-state index in [0.717, 1.165) is 31.3 Å². The van der Waals surface area contributed by atoms with Gasteiger partial charge in [-0.1, -0.05) is 15.9 Å². The van der Waals surface area contributed by atoms with Crippen LogP contribution in [0.3, 0.4) is 0 Å². The summed E-state index contributed by atoms with van der Waals surface area (Å²) in [6.45, 7) is 0. The molecule has 0 spiro atoms. The molecule has 0 aliphatic rings. The van der Waals surface area contributed by atoms with Crippen molar-refractivity contribution < 1.29 is 4.79 Å². The minimum atomic E-state index is 0.811. The van der Waals surface area contributed by atoms with Gasteiger partial charge in [-0.3, -0.25) is 4.79 Å². The molecular weight excluding hydrogens is 280 g/mol. The van der Waals surface area contributed by atoms with Crippen molar-refractivity contribution >= 4 is 55.4 Å². The predicted octanol–water partition coefficient (Wildman–Crippen LogP) is 4.20. The van der Waals surface area contributed by atoms with Crippen LogP contribution in [0.4, 0.5) is 0 Å². The van der Waals surface area contributed by atoms with E-state index in [0.29, 0.717) is 0 Å². The number of hydrogen-bond acceptors (Lipinski definition) is 3. The molecule has 0 saturated heterocycles. The SMILES string of the molecule is CSc1cc(Br)c2ccsc2c1C=O. The minimum absolute atomic E-state index is 0.811.